The normalized spacial score (nSPS) is 10.5. The van der Waals surface area contributed by atoms with Crippen molar-refractivity contribution in [3.63, 3.8) is 0 Å². The Morgan fingerprint density at radius 3 is 2.14 bits per heavy atom. The first-order chi connectivity index (χ1) is 13.5. The molecule has 8 heteroatoms. The number of carbonyl (C=O) groups is 1. The summed E-state index contributed by atoms with van der Waals surface area (Å²) in [4.78, 5) is 17.0. The third-order valence-electron chi connectivity index (χ3n) is 4.16. The van der Waals surface area contributed by atoms with Gasteiger partial charge in [-0.1, -0.05) is 0 Å². The summed E-state index contributed by atoms with van der Waals surface area (Å²) >= 11 is 0. The molecule has 0 spiro atoms. The summed E-state index contributed by atoms with van der Waals surface area (Å²) in [5, 5.41) is 7.21. The van der Waals surface area contributed by atoms with Crippen molar-refractivity contribution in [3.05, 3.63) is 53.5 Å². The number of pyridine rings is 1. The van der Waals surface area contributed by atoms with Crippen molar-refractivity contribution >= 4 is 11.6 Å². The van der Waals surface area contributed by atoms with Gasteiger partial charge in [0.05, 0.1) is 38.9 Å². The summed E-state index contributed by atoms with van der Waals surface area (Å²) in [7, 11) is 4.51. The number of carbonyl (C=O) groups excluding carboxylic acids is 1. The molecule has 0 saturated carbocycles. The van der Waals surface area contributed by atoms with Gasteiger partial charge in [-0.25, -0.2) is 9.67 Å². The number of nitrogens with one attached hydrogen (secondary N) is 1. The monoisotopic (exact) mass is 382 g/mol. The van der Waals surface area contributed by atoms with E-state index in [1.165, 1.54) is 21.3 Å². The molecule has 1 N–H and O–H groups in total. The molecule has 0 aliphatic carbocycles. The number of nitrogens with zero attached hydrogens (tertiary/aromatic N) is 3. The quantitative estimate of drug-likeness (QED) is 0.705. The molecule has 1 aromatic carbocycles. The molecule has 1 amide bonds. The third kappa shape index (κ3) is 3.75. The second kappa shape index (κ2) is 7.99. The van der Waals surface area contributed by atoms with Crippen LogP contribution in [0.15, 0.2) is 36.5 Å². The van der Waals surface area contributed by atoms with Gasteiger partial charge in [-0.15, -0.1) is 0 Å². The molecule has 3 aromatic rings. The molecule has 3 rings (SSSR count). The van der Waals surface area contributed by atoms with E-state index in [1.54, 1.807) is 35.1 Å². The number of anilines is 1. The second-order valence-corrected chi connectivity index (χ2v) is 6.11. The Labute approximate surface area is 163 Å². The van der Waals surface area contributed by atoms with Gasteiger partial charge in [0.2, 0.25) is 5.75 Å². The van der Waals surface area contributed by atoms with Gasteiger partial charge in [-0.2, -0.15) is 5.10 Å². The van der Waals surface area contributed by atoms with Crippen molar-refractivity contribution < 1.29 is 19.0 Å². The Morgan fingerprint density at radius 1 is 1.00 bits per heavy atom. The van der Waals surface area contributed by atoms with E-state index in [-0.39, 0.29) is 5.91 Å². The second-order valence-electron chi connectivity index (χ2n) is 6.11. The summed E-state index contributed by atoms with van der Waals surface area (Å²) in [6, 6.07) is 8.73. The van der Waals surface area contributed by atoms with Gasteiger partial charge in [0.15, 0.2) is 17.3 Å². The first-order valence-electron chi connectivity index (χ1n) is 8.58. The Kier molecular flexibility index (Phi) is 5.49. The minimum Gasteiger partial charge on any atom is -0.493 e. The fourth-order valence-corrected chi connectivity index (χ4v) is 2.86. The van der Waals surface area contributed by atoms with E-state index < -0.39 is 0 Å². The van der Waals surface area contributed by atoms with E-state index in [0.717, 1.165) is 11.4 Å². The molecule has 0 aliphatic heterocycles. The van der Waals surface area contributed by atoms with Crippen LogP contribution in [0.2, 0.25) is 0 Å². The Morgan fingerprint density at radius 2 is 1.68 bits per heavy atom. The van der Waals surface area contributed by atoms with Crippen LogP contribution in [-0.4, -0.2) is 42.0 Å². The standard InChI is InChI=1S/C20H22N4O4/c1-12-8-13(2)24(23-12)18-7-6-15(11-21-18)22-20(25)14-9-16(26-3)19(28-5)17(10-14)27-4/h6-11H,1-5H3,(H,22,25). The molecule has 2 aromatic heterocycles. The van der Waals surface area contributed by atoms with Gasteiger partial charge in [0, 0.05) is 11.3 Å². The average molecular weight is 382 g/mol. The molecule has 146 valence electrons. The lowest BCUT2D eigenvalue weighted by molar-refractivity contribution is 0.102. The maximum Gasteiger partial charge on any atom is 0.255 e. The van der Waals surface area contributed by atoms with Gasteiger partial charge >= 0.3 is 0 Å². The fraction of sp³-hybridized carbons (Fsp3) is 0.250. The molecule has 0 radical (unpaired) electrons. The maximum atomic E-state index is 12.7. The lowest BCUT2D eigenvalue weighted by atomic mass is 10.1. The van der Waals surface area contributed by atoms with E-state index in [0.29, 0.717) is 34.3 Å². The first-order valence-corrected chi connectivity index (χ1v) is 8.58. The van der Waals surface area contributed by atoms with Crippen molar-refractivity contribution in [2.24, 2.45) is 0 Å². The molecule has 2 heterocycles. The third-order valence-corrected chi connectivity index (χ3v) is 4.16. The lowest BCUT2D eigenvalue weighted by Crippen LogP contribution is -2.13. The van der Waals surface area contributed by atoms with Crippen molar-refractivity contribution in [1.82, 2.24) is 14.8 Å². The number of amides is 1. The van der Waals surface area contributed by atoms with Crippen molar-refractivity contribution in [1.29, 1.82) is 0 Å². The van der Waals surface area contributed by atoms with Gasteiger partial charge in [-0.3, -0.25) is 4.79 Å². The number of benzene rings is 1. The Hall–Kier alpha value is -3.55. The summed E-state index contributed by atoms with van der Waals surface area (Å²) in [5.41, 5.74) is 2.83. The van der Waals surface area contributed by atoms with Crippen LogP contribution < -0.4 is 19.5 Å². The molecule has 8 nitrogen and oxygen atoms in total. The van der Waals surface area contributed by atoms with Gasteiger partial charge in [0.1, 0.15) is 0 Å². The van der Waals surface area contributed by atoms with Crippen LogP contribution in [0.25, 0.3) is 5.82 Å². The highest BCUT2D eigenvalue weighted by atomic mass is 16.5. The average Bonchev–Trinajstić information content (AvgIpc) is 3.05. The minimum atomic E-state index is -0.320. The Bertz CT molecular complexity index is 971. The van der Waals surface area contributed by atoms with E-state index in [2.05, 4.69) is 15.4 Å². The van der Waals surface area contributed by atoms with Gasteiger partial charge in [-0.05, 0) is 44.2 Å². The predicted molar refractivity (Wildman–Crippen MR) is 105 cm³/mol. The highest BCUT2D eigenvalue weighted by Gasteiger charge is 2.17. The zero-order valence-corrected chi connectivity index (χ0v) is 16.4. The van der Waals surface area contributed by atoms with Crippen LogP contribution in [0.3, 0.4) is 0 Å². The smallest absolute Gasteiger partial charge is 0.255 e. The van der Waals surface area contributed by atoms with Gasteiger partial charge < -0.3 is 19.5 Å². The summed E-state index contributed by atoms with van der Waals surface area (Å²) in [6.45, 7) is 3.89. The summed E-state index contributed by atoms with van der Waals surface area (Å²) < 4.78 is 17.6. The number of aromatic nitrogens is 3. The van der Waals surface area contributed by atoms with Crippen molar-refractivity contribution in [2.75, 3.05) is 26.6 Å². The molecular weight excluding hydrogens is 360 g/mol. The molecular formula is C20H22N4O4. The molecule has 0 unspecified atom stereocenters. The largest absolute Gasteiger partial charge is 0.493 e. The minimum absolute atomic E-state index is 0.320. The fourth-order valence-electron chi connectivity index (χ4n) is 2.86. The molecule has 0 saturated heterocycles. The maximum absolute atomic E-state index is 12.7. The van der Waals surface area contributed by atoms with Crippen LogP contribution in [-0.2, 0) is 0 Å². The van der Waals surface area contributed by atoms with E-state index >= 15 is 0 Å². The molecule has 0 fully saturated rings. The molecule has 28 heavy (non-hydrogen) atoms. The van der Waals surface area contributed by atoms with E-state index in [9.17, 15) is 4.79 Å². The SMILES string of the molecule is COc1cc(C(=O)Nc2ccc(-n3nc(C)cc3C)nc2)cc(OC)c1OC. The topological polar surface area (TPSA) is 87.5 Å². The number of hydrogen-bond acceptors (Lipinski definition) is 6. The van der Waals surface area contributed by atoms with Crippen LogP contribution in [0.5, 0.6) is 17.2 Å². The molecule has 0 atom stereocenters. The van der Waals surface area contributed by atoms with Crippen LogP contribution in [0, 0.1) is 13.8 Å². The zero-order chi connectivity index (χ0) is 20.3. The summed E-state index contributed by atoms with van der Waals surface area (Å²) in [5.74, 6) is 1.60. The number of methoxy groups -OCH3 is 3. The van der Waals surface area contributed by atoms with Gasteiger partial charge in [0.25, 0.3) is 5.91 Å². The van der Waals surface area contributed by atoms with E-state index in [4.69, 9.17) is 14.2 Å². The Balaban J connectivity index is 1.82. The van der Waals surface area contributed by atoms with Crippen LogP contribution in [0.4, 0.5) is 5.69 Å². The first kappa shape index (κ1) is 19.2. The molecule has 0 aliphatic rings. The molecule has 0 bridgehead atoms. The number of ether oxygens (including phenoxy) is 3. The highest BCUT2D eigenvalue weighted by Crippen LogP contribution is 2.38. The number of hydrogen-bond donors (Lipinski definition) is 1. The predicted octanol–water partition coefficient (Wildman–Crippen LogP) is 3.16. The van der Waals surface area contributed by atoms with Crippen LogP contribution in [0.1, 0.15) is 21.7 Å². The summed E-state index contributed by atoms with van der Waals surface area (Å²) in [6.07, 6.45) is 1.58. The highest BCUT2D eigenvalue weighted by molar-refractivity contribution is 6.05. The van der Waals surface area contributed by atoms with E-state index in [1.807, 2.05) is 19.9 Å². The van der Waals surface area contributed by atoms with Crippen molar-refractivity contribution in [3.8, 4) is 23.1 Å². The van der Waals surface area contributed by atoms with Crippen LogP contribution >= 0.6 is 0 Å². The number of rotatable bonds is 6. The zero-order valence-electron chi connectivity index (χ0n) is 16.4. The van der Waals surface area contributed by atoms with Crippen molar-refractivity contribution in [2.45, 2.75) is 13.8 Å². The number of aryl methyl sites for hydroxylation is 2. The lowest BCUT2D eigenvalue weighted by Gasteiger charge is -2.14.